The molecule has 3 aromatic rings. The van der Waals surface area contributed by atoms with Gasteiger partial charge in [-0.2, -0.15) is 4.98 Å². The molecule has 0 bridgehead atoms. The highest BCUT2D eigenvalue weighted by molar-refractivity contribution is 6.32. The lowest BCUT2D eigenvalue weighted by molar-refractivity contribution is 0.0995. The van der Waals surface area contributed by atoms with E-state index in [4.69, 9.17) is 17.3 Å². The van der Waals surface area contributed by atoms with Crippen molar-refractivity contribution in [3.63, 3.8) is 0 Å². The molecule has 0 saturated heterocycles. The fraction of sp³-hybridized carbons (Fsp3) is 0. The number of rotatable bonds is 2. The number of nitrogens with two attached hydrogens (primary N) is 1. The lowest BCUT2D eigenvalue weighted by atomic mass is 10.3. The first-order chi connectivity index (χ1) is 10.0. The molecule has 7 nitrogen and oxygen atoms in total. The Morgan fingerprint density at radius 2 is 2.19 bits per heavy atom. The lowest BCUT2D eigenvalue weighted by Crippen LogP contribution is -2.27. The number of halogens is 1. The van der Waals surface area contributed by atoms with Crippen molar-refractivity contribution in [3.05, 3.63) is 57.6 Å². The van der Waals surface area contributed by atoms with Crippen LogP contribution in [-0.4, -0.2) is 25.0 Å². The van der Waals surface area contributed by atoms with Crippen LogP contribution >= 0.6 is 11.6 Å². The molecule has 3 rings (SSSR count). The molecule has 8 heteroatoms. The van der Waals surface area contributed by atoms with Crippen molar-refractivity contribution in [2.24, 2.45) is 5.73 Å². The Kier molecular flexibility index (Phi) is 2.91. The third-order valence-electron chi connectivity index (χ3n) is 2.95. The summed E-state index contributed by atoms with van der Waals surface area (Å²) in [7, 11) is 0. The van der Waals surface area contributed by atoms with Crippen LogP contribution in [0.15, 0.2) is 35.4 Å². The van der Waals surface area contributed by atoms with Gasteiger partial charge < -0.3 is 10.8 Å². The SMILES string of the molecule is NC(=O)c1c(O)nc2n(-c3ccc[c]c3Cl)ccn2c1=O. The molecule has 3 N–H and O–H groups in total. The second-order valence-corrected chi connectivity index (χ2v) is 4.57. The highest BCUT2D eigenvalue weighted by Crippen LogP contribution is 2.22. The van der Waals surface area contributed by atoms with E-state index in [0.717, 1.165) is 4.40 Å². The Morgan fingerprint density at radius 3 is 2.86 bits per heavy atom. The maximum atomic E-state index is 12.1. The van der Waals surface area contributed by atoms with Gasteiger partial charge in [-0.3, -0.25) is 18.6 Å². The van der Waals surface area contributed by atoms with Gasteiger partial charge in [0, 0.05) is 18.5 Å². The number of benzene rings is 1. The Balaban J connectivity index is 2.37. The number of nitrogens with zero attached hydrogens (tertiary/aromatic N) is 3. The molecule has 0 aliphatic rings. The average molecular weight is 304 g/mol. The van der Waals surface area contributed by atoms with Crippen LogP contribution in [0.25, 0.3) is 11.5 Å². The van der Waals surface area contributed by atoms with Crippen LogP contribution in [-0.2, 0) is 0 Å². The summed E-state index contributed by atoms with van der Waals surface area (Å²) < 4.78 is 2.59. The minimum atomic E-state index is -1.04. The van der Waals surface area contributed by atoms with Crippen molar-refractivity contribution in [1.29, 1.82) is 0 Å². The van der Waals surface area contributed by atoms with Crippen LogP contribution in [0.2, 0.25) is 5.02 Å². The van der Waals surface area contributed by atoms with Gasteiger partial charge in [-0.1, -0.05) is 23.7 Å². The summed E-state index contributed by atoms with van der Waals surface area (Å²) in [5, 5.41) is 10.1. The Labute approximate surface area is 122 Å². The van der Waals surface area contributed by atoms with Gasteiger partial charge in [-0.25, -0.2) is 0 Å². The van der Waals surface area contributed by atoms with Crippen molar-refractivity contribution in [2.75, 3.05) is 0 Å². The number of imidazole rings is 1. The predicted octanol–water partition coefficient (Wildman–Crippen LogP) is 0.743. The molecule has 2 aromatic heterocycles. The minimum Gasteiger partial charge on any atom is -0.492 e. The Hall–Kier alpha value is -2.80. The monoisotopic (exact) mass is 303 g/mol. The highest BCUT2D eigenvalue weighted by Gasteiger charge is 2.19. The van der Waals surface area contributed by atoms with Crippen LogP contribution in [0.3, 0.4) is 0 Å². The van der Waals surface area contributed by atoms with E-state index in [1.54, 1.807) is 18.2 Å². The van der Waals surface area contributed by atoms with Crippen molar-refractivity contribution >= 4 is 23.3 Å². The number of primary amides is 1. The van der Waals surface area contributed by atoms with Gasteiger partial charge in [0.15, 0.2) is 5.56 Å². The highest BCUT2D eigenvalue weighted by atomic mass is 35.5. The van der Waals surface area contributed by atoms with E-state index in [1.807, 2.05) is 0 Å². The van der Waals surface area contributed by atoms with E-state index < -0.39 is 22.9 Å². The summed E-state index contributed by atoms with van der Waals surface area (Å²) in [6, 6.07) is 7.86. The third-order valence-corrected chi connectivity index (χ3v) is 3.25. The summed E-state index contributed by atoms with van der Waals surface area (Å²) in [4.78, 5) is 27.2. The largest absolute Gasteiger partial charge is 0.492 e. The van der Waals surface area contributed by atoms with E-state index >= 15 is 0 Å². The van der Waals surface area contributed by atoms with Gasteiger partial charge in [-0.05, 0) is 6.07 Å². The van der Waals surface area contributed by atoms with E-state index in [2.05, 4.69) is 11.1 Å². The van der Waals surface area contributed by atoms with Crippen LogP contribution in [0.5, 0.6) is 5.88 Å². The van der Waals surface area contributed by atoms with Crippen LogP contribution in [0.1, 0.15) is 10.4 Å². The quantitative estimate of drug-likeness (QED) is 0.729. The summed E-state index contributed by atoms with van der Waals surface area (Å²) in [5.41, 5.74) is 4.28. The zero-order valence-corrected chi connectivity index (χ0v) is 11.2. The number of hydrogen-bond acceptors (Lipinski definition) is 4. The molecular weight excluding hydrogens is 296 g/mol. The Morgan fingerprint density at radius 1 is 1.43 bits per heavy atom. The average Bonchev–Trinajstić information content (AvgIpc) is 2.82. The summed E-state index contributed by atoms with van der Waals surface area (Å²) in [6.07, 6.45) is 2.93. The van der Waals surface area contributed by atoms with Gasteiger partial charge in [-0.15, -0.1) is 0 Å². The number of amides is 1. The first kappa shape index (κ1) is 13.2. The molecule has 0 unspecified atom stereocenters. The van der Waals surface area contributed by atoms with Crippen LogP contribution < -0.4 is 11.3 Å². The second kappa shape index (κ2) is 4.64. The molecule has 0 aliphatic carbocycles. The van der Waals surface area contributed by atoms with Gasteiger partial charge in [0.05, 0.1) is 10.7 Å². The molecule has 0 saturated carbocycles. The molecule has 105 valence electrons. The van der Waals surface area contributed by atoms with Gasteiger partial charge in [0.1, 0.15) is 0 Å². The molecule has 21 heavy (non-hydrogen) atoms. The molecule has 0 fully saturated rings. The summed E-state index contributed by atoms with van der Waals surface area (Å²) in [6.45, 7) is 0. The van der Waals surface area contributed by atoms with E-state index in [-0.39, 0.29) is 5.78 Å². The molecule has 0 spiro atoms. The lowest BCUT2D eigenvalue weighted by Gasteiger charge is -2.07. The smallest absolute Gasteiger partial charge is 0.275 e. The number of carbonyl (C=O) groups is 1. The van der Waals surface area contributed by atoms with E-state index in [1.165, 1.54) is 17.0 Å². The maximum absolute atomic E-state index is 12.1. The predicted molar refractivity (Wildman–Crippen MR) is 74.8 cm³/mol. The number of fused-ring (bicyclic) bond motifs is 1. The topological polar surface area (TPSA) is 103 Å². The van der Waals surface area contributed by atoms with Gasteiger partial charge in [0.25, 0.3) is 11.5 Å². The van der Waals surface area contributed by atoms with E-state index in [9.17, 15) is 14.7 Å². The summed E-state index contributed by atoms with van der Waals surface area (Å²) >= 11 is 6.05. The molecule has 1 radical (unpaired) electrons. The first-order valence-corrected chi connectivity index (χ1v) is 6.17. The maximum Gasteiger partial charge on any atom is 0.275 e. The fourth-order valence-electron chi connectivity index (χ4n) is 2.01. The number of hydrogen-bond donors (Lipinski definition) is 2. The fourth-order valence-corrected chi connectivity index (χ4v) is 2.23. The van der Waals surface area contributed by atoms with Crippen LogP contribution in [0, 0.1) is 6.07 Å². The molecule has 1 aromatic carbocycles. The van der Waals surface area contributed by atoms with Crippen molar-refractivity contribution < 1.29 is 9.90 Å². The van der Waals surface area contributed by atoms with Crippen LogP contribution in [0.4, 0.5) is 0 Å². The van der Waals surface area contributed by atoms with Crippen molar-refractivity contribution in [1.82, 2.24) is 14.0 Å². The standard InChI is InChI=1S/C13H8ClN4O3/c14-7-3-1-2-4-8(7)17-5-6-18-12(21)9(10(15)19)11(20)16-13(17)18/h1-2,4-6,20H,(H2,15,19). The number of aromatic nitrogens is 3. The summed E-state index contributed by atoms with van der Waals surface area (Å²) in [5.74, 6) is -1.66. The molecular formula is C13H8ClN4O3. The molecule has 2 heterocycles. The zero-order chi connectivity index (χ0) is 15.1. The number of aromatic hydroxyl groups is 1. The normalized spacial score (nSPS) is 10.9. The molecule has 0 aliphatic heterocycles. The first-order valence-electron chi connectivity index (χ1n) is 5.79. The minimum absolute atomic E-state index is 0.101. The number of carbonyl (C=O) groups excluding carboxylic acids is 1. The van der Waals surface area contributed by atoms with Gasteiger partial charge in [0.2, 0.25) is 11.7 Å². The van der Waals surface area contributed by atoms with Gasteiger partial charge >= 0.3 is 0 Å². The molecule has 0 atom stereocenters. The third kappa shape index (κ3) is 1.95. The Bertz CT molecular complexity index is 929. The second-order valence-electron chi connectivity index (χ2n) is 4.19. The van der Waals surface area contributed by atoms with Crippen molar-refractivity contribution in [3.8, 4) is 11.6 Å². The zero-order valence-electron chi connectivity index (χ0n) is 10.4. The van der Waals surface area contributed by atoms with E-state index in [0.29, 0.717) is 10.7 Å². The molecule has 1 amide bonds. The van der Waals surface area contributed by atoms with Crippen molar-refractivity contribution in [2.45, 2.75) is 0 Å².